The van der Waals surface area contributed by atoms with Crippen molar-refractivity contribution in [2.45, 2.75) is 44.1 Å². The number of methoxy groups -OCH3 is 1. The second-order valence-electron chi connectivity index (χ2n) is 5.07. The predicted octanol–water partition coefficient (Wildman–Crippen LogP) is 1.56. The maximum absolute atomic E-state index is 5.93. The molecule has 2 N–H and O–H groups in total. The SMILES string of the molecule is CCCC(OC)c1noc(C2(CN)CCOCC2)n1. The van der Waals surface area contributed by atoms with Crippen LogP contribution in [0.15, 0.2) is 4.52 Å². The predicted molar refractivity (Wildman–Crippen MR) is 69.7 cm³/mol. The average Bonchev–Trinajstić information content (AvgIpc) is 2.95. The van der Waals surface area contributed by atoms with Gasteiger partial charge in [0.15, 0.2) is 0 Å². The van der Waals surface area contributed by atoms with Gasteiger partial charge in [-0.3, -0.25) is 0 Å². The molecule has 0 amide bonds. The maximum atomic E-state index is 5.93. The fraction of sp³-hybridized carbons (Fsp3) is 0.846. The molecule has 6 heteroatoms. The lowest BCUT2D eigenvalue weighted by molar-refractivity contribution is 0.0408. The Kier molecular flexibility index (Phi) is 4.90. The lowest BCUT2D eigenvalue weighted by Crippen LogP contribution is -2.41. The Morgan fingerprint density at radius 2 is 2.16 bits per heavy atom. The molecule has 1 aromatic heterocycles. The summed E-state index contributed by atoms with van der Waals surface area (Å²) < 4.78 is 16.2. The third kappa shape index (κ3) is 2.96. The Morgan fingerprint density at radius 1 is 1.42 bits per heavy atom. The molecule has 19 heavy (non-hydrogen) atoms. The summed E-state index contributed by atoms with van der Waals surface area (Å²) in [5.41, 5.74) is 5.70. The molecule has 2 rings (SSSR count). The Hall–Kier alpha value is -0.980. The third-order valence-electron chi connectivity index (χ3n) is 3.86. The van der Waals surface area contributed by atoms with Crippen LogP contribution in [0.2, 0.25) is 0 Å². The van der Waals surface area contributed by atoms with E-state index >= 15 is 0 Å². The molecule has 1 aliphatic heterocycles. The van der Waals surface area contributed by atoms with Crippen LogP contribution in [0, 0.1) is 0 Å². The molecule has 0 bridgehead atoms. The number of ether oxygens (including phenoxy) is 2. The van der Waals surface area contributed by atoms with E-state index in [1.54, 1.807) is 7.11 Å². The van der Waals surface area contributed by atoms with Gasteiger partial charge in [0.05, 0.1) is 5.41 Å². The van der Waals surface area contributed by atoms with E-state index in [9.17, 15) is 0 Å². The molecule has 108 valence electrons. The van der Waals surface area contributed by atoms with Crippen molar-refractivity contribution < 1.29 is 14.0 Å². The van der Waals surface area contributed by atoms with Crippen molar-refractivity contribution in [1.29, 1.82) is 0 Å². The Balaban J connectivity index is 2.18. The van der Waals surface area contributed by atoms with Gasteiger partial charge < -0.3 is 19.7 Å². The van der Waals surface area contributed by atoms with Gasteiger partial charge in [-0.25, -0.2) is 0 Å². The number of nitrogens with zero attached hydrogens (tertiary/aromatic N) is 2. The first-order valence-electron chi connectivity index (χ1n) is 6.90. The Bertz CT molecular complexity index is 388. The van der Waals surface area contributed by atoms with E-state index in [1.165, 1.54) is 0 Å². The van der Waals surface area contributed by atoms with Gasteiger partial charge in [-0.2, -0.15) is 4.98 Å². The number of nitrogens with two attached hydrogens (primary N) is 1. The molecule has 1 fully saturated rings. The molecule has 1 aliphatic rings. The number of hydrogen-bond donors (Lipinski definition) is 1. The summed E-state index contributed by atoms with van der Waals surface area (Å²) in [6.45, 7) is 3.99. The first-order chi connectivity index (χ1) is 9.25. The molecule has 0 aromatic carbocycles. The molecule has 1 atom stereocenters. The molecule has 0 saturated carbocycles. The van der Waals surface area contributed by atoms with Crippen molar-refractivity contribution in [3.63, 3.8) is 0 Å². The zero-order valence-corrected chi connectivity index (χ0v) is 11.7. The van der Waals surface area contributed by atoms with E-state index in [0.717, 1.165) is 25.7 Å². The van der Waals surface area contributed by atoms with Crippen LogP contribution in [0.3, 0.4) is 0 Å². The van der Waals surface area contributed by atoms with E-state index in [4.69, 9.17) is 19.7 Å². The van der Waals surface area contributed by atoms with Gasteiger partial charge in [0.1, 0.15) is 6.10 Å². The smallest absolute Gasteiger partial charge is 0.234 e. The number of aromatic nitrogens is 2. The summed E-state index contributed by atoms with van der Waals surface area (Å²) in [4.78, 5) is 4.53. The lowest BCUT2D eigenvalue weighted by Gasteiger charge is -2.32. The minimum Gasteiger partial charge on any atom is -0.381 e. The fourth-order valence-corrected chi connectivity index (χ4v) is 2.46. The summed E-state index contributed by atoms with van der Waals surface area (Å²) in [6.07, 6.45) is 3.46. The van der Waals surface area contributed by atoms with Crippen LogP contribution >= 0.6 is 0 Å². The van der Waals surface area contributed by atoms with Crippen LogP contribution in [0.4, 0.5) is 0 Å². The zero-order valence-electron chi connectivity index (χ0n) is 11.7. The lowest BCUT2D eigenvalue weighted by atomic mass is 9.80. The second-order valence-corrected chi connectivity index (χ2v) is 5.07. The fourth-order valence-electron chi connectivity index (χ4n) is 2.46. The molecule has 0 spiro atoms. The van der Waals surface area contributed by atoms with E-state index in [0.29, 0.717) is 31.5 Å². The van der Waals surface area contributed by atoms with Gasteiger partial charge in [-0.05, 0) is 19.3 Å². The summed E-state index contributed by atoms with van der Waals surface area (Å²) in [6, 6.07) is 0. The molecule has 2 heterocycles. The summed E-state index contributed by atoms with van der Waals surface area (Å²) in [5, 5.41) is 4.07. The van der Waals surface area contributed by atoms with Gasteiger partial charge in [-0.1, -0.05) is 18.5 Å². The van der Waals surface area contributed by atoms with Gasteiger partial charge in [0.2, 0.25) is 11.7 Å². The van der Waals surface area contributed by atoms with Crippen LogP contribution in [-0.2, 0) is 14.9 Å². The minimum atomic E-state index is -0.228. The Morgan fingerprint density at radius 3 is 2.74 bits per heavy atom. The van der Waals surface area contributed by atoms with Crippen LogP contribution in [0.5, 0.6) is 0 Å². The van der Waals surface area contributed by atoms with E-state index in [-0.39, 0.29) is 11.5 Å². The highest BCUT2D eigenvalue weighted by atomic mass is 16.5. The van der Waals surface area contributed by atoms with Crippen LogP contribution < -0.4 is 5.73 Å². The molecule has 1 aromatic rings. The van der Waals surface area contributed by atoms with Gasteiger partial charge in [0.25, 0.3) is 0 Å². The van der Waals surface area contributed by atoms with E-state index < -0.39 is 0 Å². The molecule has 1 unspecified atom stereocenters. The van der Waals surface area contributed by atoms with Crippen molar-refractivity contribution in [1.82, 2.24) is 10.1 Å². The van der Waals surface area contributed by atoms with Crippen molar-refractivity contribution in [2.24, 2.45) is 5.73 Å². The highest BCUT2D eigenvalue weighted by Crippen LogP contribution is 2.33. The molecule has 0 radical (unpaired) electrons. The van der Waals surface area contributed by atoms with Crippen LogP contribution in [-0.4, -0.2) is 37.0 Å². The number of rotatable bonds is 6. The monoisotopic (exact) mass is 269 g/mol. The quantitative estimate of drug-likeness (QED) is 0.843. The summed E-state index contributed by atoms with van der Waals surface area (Å²) in [5.74, 6) is 1.25. The van der Waals surface area contributed by atoms with Crippen LogP contribution in [0.1, 0.15) is 50.4 Å². The molecular formula is C13H23N3O3. The van der Waals surface area contributed by atoms with E-state index in [2.05, 4.69) is 17.1 Å². The zero-order chi connectivity index (χ0) is 13.7. The van der Waals surface area contributed by atoms with Crippen molar-refractivity contribution >= 4 is 0 Å². The van der Waals surface area contributed by atoms with Gasteiger partial charge >= 0.3 is 0 Å². The largest absolute Gasteiger partial charge is 0.381 e. The summed E-state index contributed by atoms with van der Waals surface area (Å²) in [7, 11) is 1.67. The van der Waals surface area contributed by atoms with Crippen molar-refractivity contribution in [3.8, 4) is 0 Å². The second kappa shape index (κ2) is 6.45. The molecule has 0 aliphatic carbocycles. The standard InChI is InChI=1S/C13H23N3O3/c1-3-4-10(17-2)11-15-12(19-16-11)13(9-14)5-7-18-8-6-13/h10H,3-9,14H2,1-2H3. The van der Waals surface area contributed by atoms with Crippen molar-refractivity contribution in [3.05, 3.63) is 11.7 Å². The maximum Gasteiger partial charge on any atom is 0.234 e. The number of hydrogen-bond acceptors (Lipinski definition) is 6. The highest BCUT2D eigenvalue weighted by molar-refractivity contribution is 5.08. The topological polar surface area (TPSA) is 83.4 Å². The van der Waals surface area contributed by atoms with Gasteiger partial charge in [0, 0.05) is 26.9 Å². The normalized spacial score (nSPS) is 20.4. The first kappa shape index (κ1) is 14.4. The summed E-state index contributed by atoms with van der Waals surface area (Å²) >= 11 is 0. The average molecular weight is 269 g/mol. The minimum absolute atomic E-state index is 0.0998. The first-order valence-corrected chi connectivity index (χ1v) is 6.90. The molecule has 1 saturated heterocycles. The van der Waals surface area contributed by atoms with Crippen LogP contribution in [0.25, 0.3) is 0 Å². The van der Waals surface area contributed by atoms with Crippen molar-refractivity contribution in [2.75, 3.05) is 26.9 Å². The van der Waals surface area contributed by atoms with E-state index in [1.807, 2.05) is 0 Å². The highest BCUT2D eigenvalue weighted by Gasteiger charge is 2.39. The molecule has 6 nitrogen and oxygen atoms in total. The Labute approximate surface area is 113 Å². The third-order valence-corrected chi connectivity index (χ3v) is 3.86. The molecular weight excluding hydrogens is 246 g/mol. The van der Waals surface area contributed by atoms with Gasteiger partial charge in [-0.15, -0.1) is 0 Å².